The van der Waals surface area contributed by atoms with Crippen molar-refractivity contribution >= 4 is 17.6 Å². The third kappa shape index (κ3) is 2.86. The molecule has 1 aromatic rings. The van der Waals surface area contributed by atoms with Gasteiger partial charge in [-0.3, -0.25) is 0 Å². The molecule has 15 heavy (non-hydrogen) atoms. The summed E-state index contributed by atoms with van der Waals surface area (Å²) in [5.74, 6) is 1.71. The van der Waals surface area contributed by atoms with E-state index in [9.17, 15) is 5.11 Å². The molecular weight excluding hydrogens is 208 g/mol. The van der Waals surface area contributed by atoms with E-state index in [2.05, 4.69) is 4.98 Å². The van der Waals surface area contributed by atoms with Gasteiger partial charge in [-0.15, -0.1) is 0 Å². The molecule has 0 radical (unpaired) electrons. The summed E-state index contributed by atoms with van der Waals surface area (Å²) in [6.07, 6.45) is 4.49. The molecule has 3 nitrogen and oxygen atoms in total. The van der Waals surface area contributed by atoms with Crippen LogP contribution in [0, 0.1) is 0 Å². The van der Waals surface area contributed by atoms with Crippen LogP contribution >= 0.6 is 11.8 Å². The molecule has 4 heteroatoms. The van der Waals surface area contributed by atoms with Crippen molar-refractivity contribution in [3.63, 3.8) is 0 Å². The summed E-state index contributed by atoms with van der Waals surface area (Å²) in [4.78, 5) is 3.94. The molecule has 0 aromatic carbocycles. The molecule has 1 aliphatic rings. The molecular formula is C11H16N2OS. The number of aliphatic hydroxyl groups excluding tert-OH is 1. The first kappa shape index (κ1) is 10.8. The van der Waals surface area contributed by atoms with Gasteiger partial charge in [0, 0.05) is 11.4 Å². The van der Waals surface area contributed by atoms with Gasteiger partial charge in [-0.2, -0.15) is 11.8 Å². The number of aliphatic hydroxyl groups is 1. The maximum atomic E-state index is 10.0. The Hall–Kier alpha value is -0.740. The van der Waals surface area contributed by atoms with Crippen molar-refractivity contribution < 1.29 is 5.11 Å². The molecule has 2 atom stereocenters. The van der Waals surface area contributed by atoms with Crippen molar-refractivity contribution in [2.45, 2.75) is 30.6 Å². The molecule has 2 heterocycles. The minimum absolute atomic E-state index is 0.251. The number of nitrogens with two attached hydrogens (primary N) is 1. The zero-order valence-corrected chi connectivity index (χ0v) is 9.41. The van der Waals surface area contributed by atoms with E-state index in [0.29, 0.717) is 17.5 Å². The second-order valence-electron chi connectivity index (χ2n) is 3.91. The first-order chi connectivity index (χ1) is 7.25. The normalized spacial score (nSPS) is 22.9. The van der Waals surface area contributed by atoms with E-state index in [1.807, 2.05) is 23.9 Å². The van der Waals surface area contributed by atoms with Crippen molar-refractivity contribution in [3.05, 3.63) is 23.9 Å². The lowest BCUT2D eigenvalue weighted by Crippen LogP contribution is -2.23. The standard InChI is InChI=1S/C11H16N2OS/c12-11-7-8(3-4-13-11)6-9(14)10-2-1-5-15-10/h3-4,7,9-10,14H,1-2,5-6H2,(H2,12,13). The third-order valence-electron chi connectivity index (χ3n) is 2.68. The number of rotatable bonds is 3. The SMILES string of the molecule is Nc1cc(CC(O)C2CCCS2)ccn1. The number of thioether (sulfide) groups is 1. The fraction of sp³-hybridized carbons (Fsp3) is 0.545. The first-order valence-electron chi connectivity index (χ1n) is 5.26. The van der Waals surface area contributed by atoms with Crippen LogP contribution in [0.2, 0.25) is 0 Å². The van der Waals surface area contributed by atoms with Crippen molar-refractivity contribution in [1.82, 2.24) is 4.98 Å². The summed E-state index contributed by atoms with van der Waals surface area (Å²) < 4.78 is 0. The molecule has 0 amide bonds. The fourth-order valence-electron chi connectivity index (χ4n) is 1.90. The Kier molecular flexibility index (Phi) is 3.49. The smallest absolute Gasteiger partial charge is 0.123 e. The zero-order valence-electron chi connectivity index (χ0n) is 8.60. The molecule has 1 saturated heterocycles. The largest absolute Gasteiger partial charge is 0.392 e. The van der Waals surface area contributed by atoms with E-state index < -0.39 is 0 Å². The average molecular weight is 224 g/mol. The zero-order chi connectivity index (χ0) is 10.7. The van der Waals surface area contributed by atoms with E-state index in [-0.39, 0.29) is 6.10 Å². The number of nitrogens with zero attached hydrogens (tertiary/aromatic N) is 1. The second-order valence-corrected chi connectivity index (χ2v) is 5.26. The van der Waals surface area contributed by atoms with Gasteiger partial charge in [0.15, 0.2) is 0 Å². The van der Waals surface area contributed by atoms with E-state index in [1.54, 1.807) is 6.20 Å². The lowest BCUT2D eigenvalue weighted by Gasteiger charge is -2.16. The lowest BCUT2D eigenvalue weighted by atomic mass is 10.0. The number of hydrogen-bond donors (Lipinski definition) is 2. The Morgan fingerprint density at radius 3 is 3.20 bits per heavy atom. The predicted octanol–water partition coefficient (Wildman–Crippen LogP) is 1.46. The summed E-state index contributed by atoms with van der Waals surface area (Å²) in [6, 6.07) is 3.75. The van der Waals surface area contributed by atoms with Crippen LogP contribution in [0.5, 0.6) is 0 Å². The average Bonchev–Trinajstić information content (AvgIpc) is 2.70. The van der Waals surface area contributed by atoms with E-state index >= 15 is 0 Å². The highest BCUT2D eigenvalue weighted by Crippen LogP contribution is 2.30. The maximum Gasteiger partial charge on any atom is 0.123 e. The van der Waals surface area contributed by atoms with Gasteiger partial charge in [0.05, 0.1) is 6.10 Å². The topological polar surface area (TPSA) is 59.1 Å². The molecule has 0 bridgehead atoms. The molecule has 0 saturated carbocycles. The summed E-state index contributed by atoms with van der Waals surface area (Å²) in [7, 11) is 0. The van der Waals surface area contributed by atoms with Gasteiger partial charge in [0.2, 0.25) is 0 Å². The van der Waals surface area contributed by atoms with Gasteiger partial charge in [0.25, 0.3) is 0 Å². The molecule has 2 unspecified atom stereocenters. The van der Waals surface area contributed by atoms with Crippen molar-refractivity contribution in [3.8, 4) is 0 Å². The minimum Gasteiger partial charge on any atom is -0.392 e. The molecule has 0 aliphatic carbocycles. The van der Waals surface area contributed by atoms with Crippen LogP contribution in [0.3, 0.4) is 0 Å². The van der Waals surface area contributed by atoms with Crippen LogP contribution in [-0.2, 0) is 6.42 Å². The Bertz CT molecular complexity index is 326. The van der Waals surface area contributed by atoms with Gasteiger partial charge < -0.3 is 10.8 Å². The van der Waals surface area contributed by atoms with Gasteiger partial charge >= 0.3 is 0 Å². The summed E-state index contributed by atoms with van der Waals surface area (Å²) in [5.41, 5.74) is 6.66. The lowest BCUT2D eigenvalue weighted by molar-refractivity contribution is 0.170. The second kappa shape index (κ2) is 4.86. The third-order valence-corrected chi connectivity index (χ3v) is 4.19. The highest BCUT2D eigenvalue weighted by atomic mass is 32.2. The summed E-state index contributed by atoms with van der Waals surface area (Å²) in [5, 5.41) is 10.4. The van der Waals surface area contributed by atoms with Crippen LogP contribution in [0.15, 0.2) is 18.3 Å². The number of anilines is 1. The molecule has 1 aliphatic heterocycles. The van der Waals surface area contributed by atoms with Crippen LogP contribution in [0.1, 0.15) is 18.4 Å². The monoisotopic (exact) mass is 224 g/mol. The molecule has 1 aromatic heterocycles. The number of nitrogen functional groups attached to an aromatic ring is 1. The fourth-order valence-corrected chi connectivity index (χ4v) is 3.19. The predicted molar refractivity (Wildman–Crippen MR) is 63.8 cm³/mol. The van der Waals surface area contributed by atoms with Crippen LogP contribution in [-0.4, -0.2) is 27.2 Å². The summed E-state index contributed by atoms with van der Waals surface area (Å²) >= 11 is 1.88. The molecule has 1 fully saturated rings. The van der Waals surface area contributed by atoms with Gasteiger partial charge in [-0.25, -0.2) is 4.98 Å². The van der Waals surface area contributed by atoms with Crippen molar-refractivity contribution in [2.24, 2.45) is 0 Å². The van der Waals surface area contributed by atoms with Gasteiger partial charge in [-0.05, 0) is 42.7 Å². The quantitative estimate of drug-likeness (QED) is 0.816. The highest BCUT2D eigenvalue weighted by molar-refractivity contribution is 8.00. The van der Waals surface area contributed by atoms with E-state index in [0.717, 1.165) is 12.0 Å². The summed E-state index contributed by atoms with van der Waals surface area (Å²) in [6.45, 7) is 0. The van der Waals surface area contributed by atoms with Crippen molar-refractivity contribution in [2.75, 3.05) is 11.5 Å². The molecule has 0 spiro atoms. The maximum absolute atomic E-state index is 10.0. The van der Waals surface area contributed by atoms with Crippen LogP contribution in [0.4, 0.5) is 5.82 Å². The van der Waals surface area contributed by atoms with Gasteiger partial charge in [0.1, 0.15) is 5.82 Å². The molecule has 3 N–H and O–H groups in total. The minimum atomic E-state index is -0.251. The van der Waals surface area contributed by atoms with E-state index in [1.165, 1.54) is 12.2 Å². The van der Waals surface area contributed by atoms with Gasteiger partial charge in [-0.1, -0.05) is 0 Å². The number of pyridine rings is 1. The Morgan fingerprint density at radius 2 is 2.53 bits per heavy atom. The van der Waals surface area contributed by atoms with Crippen molar-refractivity contribution in [1.29, 1.82) is 0 Å². The first-order valence-corrected chi connectivity index (χ1v) is 6.30. The van der Waals surface area contributed by atoms with E-state index in [4.69, 9.17) is 5.73 Å². The molecule has 2 rings (SSSR count). The van der Waals surface area contributed by atoms with Crippen LogP contribution < -0.4 is 5.73 Å². The number of aromatic nitrogens is 1. The Balaban J connectivity index is 1.95. The molecule has 82 valence electrons. The Morgan fingerprint density at radius 1 is 1.67 bits per heavy atom. The highest BCUT2D eigenvalue weighted by Gasteiger charge is 2.23. The van der Waals surface area contributed by atoms with Crippen LogP contribution in [0.25, 0.3) is 0 Å². The number of hydrogen-bond acceptors (Lipinski definition) is 4. The Labute approximate surface area is 94.1 Å².